The van der Waals surface area contributed by atoms with Crippen molar-refractivity contribution in [1.29, 1.82) is 0 Å². The summed E-state index contributed by atoms with van der Waals surface area (Å²) in [7, 11) is -4.50. The van der Waals surface area contributed by atoms with E-state index in [0.29, 0.717) is 33.3 Å². The molecule has 0 fully saturated rings. The lowest BCUT2D eigenvalue weighted by atomic mass is 10.3. The highest BCUT2D eigenvalue weighted by Crippen LogP contribution is 2.38. The zero-order valence-electron chi connectivity index (χ0n) is 19.0. The van der Waals surface area contributed by atoms with E-state index in [1.165, 1.54) is 19.4 Å². The Labute approximate surface area is 199 Å². The summed E-state index contributed by atoms with van der Waals surface area (Å²) < 4.78 is 43.4. The second kappa shape index (κ2) is 9.71. The van der Waals surface area contributed by atoms with Gasteiger partial charge in [-0.25, -0.2) is 13.4 Å². The van der Waals surface area contributed by atoms with E-state index in [1.807, 2.05) is 0 Å². The molecule has 1 heterocycles. The van der Waals surface area contributed by atoms with Crippen LogP contribution in [0, 0.1) is 0 Å². The van der Waals surface area contributed by atoms with Gasteiger partial charge in [-0.3, -0.25) is 0 Å². The molecule has 0 aliphatic rings. The topological polar surface area (TPSA) is 110 Å². The Kier molecular flexibility index (Phi) is 7.36. The number of nitrogens with zero attached hydrogens (tertiary/aromatic N) is 2. The van der Waals surface area contributed by atoms with Crippen molar-refractivity contribution in [1.82, 2.24) is 9.97 Å². The van der Waals surface area contributed by atoms with Gasteiger partial charge in [-0.05, 0) is 69.6 Å². The van der Waals surface area contributed by atoms with Crippen LogP contribution in [-0.4, -0.2) is 44.1 Å². The van der Waals surface area contributed by atoms with Gasteiger partial charge in [0.05, 0.1) is 28.6 Å². The molecule has 2 aromatic carbocycles. The van der Waals surface area contributed by atoms with Crippen molar-refractivity contribution in [2.45, 2.75) is 24.0 Å². The smallest absolute Gasteiger partial charge is 0.229 e. The maximum absolute atomic E-state index is 12.8. The van der Waals surface area contributed by atoms with Gasteiger partial charge in [-0.2, -0.15) is 4.98 Å². The molecular formula is C22H26ClN4O4PS. The Balaban J connectivity index is 1.92. The Bertz CT molecular complexity index is 1330. The third-order valence-electron chi connectivity index (χ3n) is 4.84. The molecule has 0 saturated carbocycles. The van der Waals surface area contributed by atoms with E-state index in [0.717, 1.165) is 0 Å². The van der Waals surface area contributed by atoms with Crippen molar-refractivity contribution < 1.29 is 17.7 Å². The van der Waals surface area contributed by atoms with Gasteiger partial charge in [-0.15, -0.1) is 0 Å². The van der Waals surface area contributed by atoms with Crippen molar-refractivity contribution in [3.63, 3.8) is 0 Å². The lowest BCUT2D eigenvalue weighted by Gasteiger charge is -2.16. The first-order chi connectivity index (χ1) is 15.4. The maximum Gasteiger partial charge on any atom is 0.229 e. The predicted octanol–water partition coefficient (Wildman–Crippen LogP) is 5.06. The van der Waals surface area contributed by atoms with Gasteiger partial charge in [0.25, 0.3) is 0 Å². The van der Waals surface area contributed by atoms with E-state index < -0.39 is 22.2 Å². The zero-order chi connectivity index (χ0) is 24.4. The van der Waals surface area contributed by atoms with Crippen LogP contribution in [0.1, 0.15) is 13.8 Å². The third-order valence-corrected chi connectivity index (χ3v) is 8.79. The summed E-state index contributed by atoms with van der Waals surface area (Å²) in [6.45, 7) is 6.61. The molecule has 0 unspecified atom stereocenters. The normalized spacial score (nSPS) is 12.0. The van der Waals surface area contributed by atoms with Crippen LogP contribution >= 0.6 is 18.7 Å². The van der Waals surface area contributed by atoms with Crippen LogP contribution in [0.2, 0.25) is 5.02 Å². The first-order valence-corrected chi connectivity index (χ1v) is 14.6. The highest BCUT2D eigenvalue weighted by molar-refractivity contribution is 7.92. The Morgan fingerprint density at radius 3 is 2.36 bits per heavy atom. The molecule has 0 spiro atoms. The fourth-order valence-corrected chi connectivity index (χ4v) is 5.28. The van der Waals surface area contributed by atoms with Crippen LogP contribution in [0.5, 0.6) is 5.75 Å². The number of hydrogen-bond donors (Lipinski definition) is 2. The first-order valence-electron chi connectivity index (χ1n) is 10.1. The molecule has 0 saturated heterocycles. The summed E-state index contributed by atoms with van der Waals surface area (Å²) in [6.07, 6.45) is 1.54. The van der Waals surface area contributed by atoms with Crippen LogP contribution < -0.4 is 20.7 Å². The lowest BCUT2D eigenvalue weighted by molar-refractivity contribution is 0.417. The minimum atomic E-state index is -3.58. The van der Waals surface area contributed by atoms with Gasteiger partial charge >= 0.3 is 0 Å². The average Bonchev–Trinajstić information content (AvgIpc) is 2.74. The molecule has 0 aliphatic heterocycles. The number of rotatable bonds is 8. The fourth-order valence-electron chi connectivity index (χ4n) is 2.95. The maximum atomic E-state index is 12.8. The summed E-state index contributed by atoms with van der Waals surface area (Å²) >= 11 is 6.06. The minimum absolute atomic E-state index is 0.0962. The molecule has 3 rings (SSSR count). The molecule has 0 radical (unpaired) electrons. The predicted molar refractivity (Wildman–Crippen MR) is 134 cm³/mol. The van der Waals surface area contributed by atoms with Gasteiger partial charge in [0.1, 0.15) is 18.7 Å². The highest BCUT2D eigenvalue weighted by atomic mass is 35.5. The van der Waals surface area contributed by atoms with Gasteiger partial charge in [0.15, 0.2) is 9.84 Å². The molecule has 0 atom stereocenters. The van der Waals surface area contributed by atoms with Crippen LogP contribution in [0.25, 0.3) is 0 Å². The number of nitrogens with one attached hydrogen (secondary N) is 2. The monoisotopic (exact) mass is 508 g/mol. The van der Waals surface area contributed by atoms with E-state index in [4.69, 9.17) is 16.3 Å². The van der Waals surface area contributed by atoms with Gasteiger partial charge in [0.2, 0.25) is 5.95 Å². The second-order valence-corrected chi connectivity index (χ2v) is 14.1. The highest BCUT2D eigenvalue weighted by Gasteiger charge is 2.23. The van der Waals surface area contributed by atoms with Gasteiger partial charge in [0, 0.05) is 16.5 Å². The number of methoxy groups -OCH3 is 1. The van der Waals surface area contributed by atoms with Crippen molar-refractivity contribution >= 4 is 57.0 Å². The van der Waals surface area contributed by atoms with E-state index in [2.05, 4.69) is 20.6 Å². The number of anilines is 4. The molecule has 0 amide bonds. The van der Waals surface area contributed by atoms with Crippen molar-refractivity contribution in [3.05, 3.63) is 53.7 Å². The number of halogens is 1. The summed E-state index contributed by atoms with van der Waals surface area (Å²) in [5.41, 5.74) is 0.961. The summed E-state index contributed by atoms with van der Waals surface area (Å²) in [5, 5.41) is 6.54. The van der Waals surface area contributed by atoms with Gasteiger partial charge in [-0.1, -0.05) is 11.6 Å². The standard InChI is InChI=1S/C22H26ClN4O4PS/c1-14(2)33(29,30)20-12-15(23)6-8-18(20)25-21-10-11-24-22(27-21)26-17-9-7-16(32(4,5)28)13-19(17)31-3/h6-14H,1-5H3,(H2,24,25,26,27). The van der Waals surface area contributed by atoms with Crippen LogP contribution in [-0.2, 0) is 14.4 Å². The minimum Gasteiger partial charge on any atom is -0.495 e. The molecule has 2 N–H and O–H groups in total. The zero-order valence-corrected chi connectivity index (χ0v) is 21.4. The van der Waals surface area contributed by atoms with E-state index in [1.54, 1.807) is 63.6 Å². The largest absolute Gasteiger partial charge is 0.495 e. The van der Waals surface area contributed by atoms with Crippen LogP contribution in [0.15, 0.2) is 53.6 Å². The van der Waals surface area contributed by atoms with Crippen molar-refractivity contribution in [2.24, 2.45) is 0 Å². The second-order valence-electron chi connectivity index (χ2n) is 7.99. The number of hydrogen-bond acceptors (Lipinski definition) is 8. The van der Waals surface area contributed by atoms with E-state index in [9.17, 15) is 13.0 Å². The summed E-state index contributed by atoms with van der Waals surface area (Å²) in [5.74, 6) is 1.16. The molecule has 176 valence electrons. The SMILES string of the molecule is COc1cc(P(C)(C)=O)ccc1Nc1nccc(Nc2ccc(Cl)cc2S(=O)(=O)C(C)C)n1. The fraction of sp³-hybridized carbons (Fsp3) is 0.273. The van der Waals surface area contributed by atoms with E-state index >= 15 is 0 Å². The number of ether oxygens (including phenoxy) is 1. The molecule has 1 aromatic heterocycles. The molecule has 0 bridgehead atoms. The molecular weight excluding hydrogens is 483 g/mol. The molecule has 11 heteroatoms. The molecule has 33 heavy (non-hydrogen) atoms. The Morgan fingerprint density at radius 1 is 1.03 bits per heavy atom. The lowest BCUT2D eigenvalue weighted by Crippen LogP contribution is -2.15. The average molecular weight is 509 g/mol. The quantitative estimate of drug-likeness (QED) is 0.406. The van der Waals surface area contributed by atoms with Gasteiger partial charge < -0.3 is 19.9 Å². The van der Waals surface area contributed by atoms with Crippen molar-refractivity contribution in [2.75, 3.05) is 31.1 Å². The first kappa shape index (κ1) is 25.0. The number of benzene rings is 2. The molecule has 8 nitrogen and oxygen atoms in total. The Morgan fingerprint density at radius 2 is 1.73 bits per heavy atom. The number of aromatic nitrogens is 2. The molecule has 3 aromatic rings. The van der Waals surface area contributed by atoms with Crippen molar-refractivity contribution in [3.8, 4) is 5.75 Å². The third kappa shape index (κ3) is 5.85. The Hall–Kier alpha value is -2.61. The summed E-state index contributed by atoms with van der Waals surface area (Å²) in [6, 6.07) is 11.5. The molecule has 0 aliphatic carbocycles. The van der Waals surface area contributed by atoms with Crippen LogP contribution in [0.4, 0.5) is 23.1 Å². The number of sulfone groups is 1. The van der Waals surface area contributed by atoms with Crippen LogP contribution in [0.3, 0.4) is 0 Å². The summed E-state index contributed by atoms with van der Waals surface area (Å²) in [4.78, 5) is 8.75. The van der Waals surface area contributed by atoms with E-state index in [-0.39, 0.29) is 10.8 Å².